The Bertz CT molecular complexity index is 688. The molecule has 0 saturated carbocycles. The molecule has 0 saturated heterocycles. The average molecular weight is 303 g/mol. The van der Waals surface area contributed by atoms with Crippen LogP contribution in [0.4, 0.5) is 11.4 Å². The van der Waals surface area contributed by atoms with Crippen LogP contribution in [-0.2, 0) is 0 Å². The third kappa shape index (κ3) is 2.54. The number of rotatable bonds is 1. The first kappa shape index (κ1) is 13.8. The van der Waals surface area contributed by atoms with Crippen molar-refractivity contribution < 1.29 is 9.53 Å². The molecular weight excluding hydrogens is 288 g/mol. The molecule has 0 unspecified atom stereocenters. The average Bonchev–Trinajstić information content (AvgIpc) is 2.72. The molecule has 0 radical (unpaired) electrons. The molecule has 2 N–H and O–H groups in total. The third-order valence-corrected chi connectivity index (χ3v) is 3.80. The zero-order chi connectivity index (χ0) is 14.8. The van der Waals surface area contributed by atoms with Crippen molar-refractivity contribution in [3.63, 3.8) is 0 Å². The number of hydrogen-bond donors (Lipinski definition) is 1. The molecule has 0 fully saturated rings. The fourth-order valence-corrected chi connectivity index (χ4v) is 2.58. The summed E-state index contributed by atoms with van der Waals surface area (Å²) >= 11 is 6.01. The van der Waals surface area contributed by atoms with Crippen LogP contribution >= 0.6 is 11.6 Å². The molecule has 3 rings (SSSR count). The van der Waals surface area contributed by atoms with Crippen LogP contribution in [0.3, 0.4) is 0 Å². The maximum atomic E-state index is 12.8. The summed E-state index contributed by atoms with van der Waals surface area (Å²) < 4.78 is 5.67. The van der Waals surface area contributed by atoms with Crippen LogP contribution in [0.15, 0.2) is 42.5 Å². The molecule has 0 spiro atoms. The summed E-state index contributed by atoms with van der Waals surface area (Å²) in [6, 6.07) is 12.6. The van der Waals surface area contributed by atoms with Gasteiger partial charge in [0, 0.05) is 6.54 Å². The number of hydrogen-bond acceptors (Lipinski definition) is 3. The molecule has 0 aromatic heterocycles. The van der Waals surface area contributed by atoms with E-state index in [0.717, 1.165) is 12.1 Å². The van der Waals surface area contributed by atoms with E-state index in [1.165, 1.54) is 0 Å². The normalized spacial score (nSPS) is 14.0. The van der Waals surface area contributed by atoms with Crippen molar-refractivity contribution in [3.8, 4) is 5.75 Å². The number of fused-ring (bicyclic) bond motifs is 1. The number of ether oxygens (including phenoxy) is 1. The Morgan fingerprint density at radius 3 is 2.86 bits per heavy atom. The summed E-state index contributed by atoms with van der Waals surface area (Å²) in [6.45, 7) is 1.17. The molecule has 0 atom stereocenters. The highest BCUT2D eigenvalue weighted by atomic mass is 35.5. The summed E-state index contributed by atoms with van der Waals surface area (Å²) in [5, 5.41) is 0.389. The van der Waals surface area contributed by atoms with Crippen molar-refractivity contribution in [2.24, 2.45) is 0 Å². The van der Waals surface area contributed by atoms with E-state index < -0.39 is 0 Å². The van der Waals surface area contributed by atoms with Gasteiger partial charge in [-0.15, -0.1) is 0 Å². The van der Waals surface area contributed by atoms with Crippen molar-refractivity contribution in [1.82, 2.24) is 0 Å². The summed E-state index contributed by atoms with van der Waals surface area (Å²) in [6.07, 6.45) is 0.765. The molecule has 1 amide bonds. The minimum Gasteiger partial charge on any atom is -0.491 e. The molecule has 21 heavy (non-hydrogen) atoms. The monoisotopic (exact) mass is 302 g/mol. The number of nitrogen functional groups attached to an aromatic ring is 1. The van der Waals surface area contributed by atoms with E-state index in [1.807, 2.05) is 24.3 Å². The van der Waals surface area contributed by atoms with E-state index in [2.05, 4.69) is 0 Å². The highest BCUT2D eigenvalue weighted by Crippen LogP contribution is 2.33. The van der Waals surface area contributed by atoms with Crippen LogP contribution in [0.25, 0.3) is 0 Å². The molecule has 108 valence electrons. The second-order valence-corrected chi connectivity index (χ2v) is 5.23. The van der Waals surface area contributed by atoms with Crippen LogP contribution in [-0.4, -0.2) is 19.1 Å². The number of carbonyl (C=O) groups excluding carboxylic acids is 1. The van der Waals surface area contributed by atoms with Crippen LogP contribution in [0.5, 0.6) is 5.75 Å². The van der Waals surface area contributed by atoms with E-state index in [-0.39, 0.29) is 5.91 Å². The van der Waals surface area contributed by atoms with Crippen molar-refractivity contribution in [2.75, 3.05) is 23.8 Å². The number of para-hydroxylation sites is 3. The first-order chi connectivity index (χ1) is 10.2. The maximum absolute atomic E-state index is 12.8. The predicted molar refractivity (Wildman–Crippen MR) is 84.1 cm³/mol. The minimum atomic E-state index is -0.159. The molecule has 1 aliphatic heterocycles. The molecule has 1 heterocycles. The lowest BCUT2D eigenvalue weighted by Crippen LogP contribution is -2.32. The zero-order valence-corrected chi connectivity index (χ0v) is 12.1. The van der Waals surface area contributed by atoms with Crippen LogP contribution < -0.4 is 15.4 Å². The fraction of sp³-hybridized carbons (Fsp3) is 0.188. The van der Waals surface area contributed by atoms with Gasteiger partial charge in [-0.25, -0.2) is 0 Å². The van der Waals surface area contributed by atoms with Crippen molar-refractivity contribution in [3.05, 3.63) is 53.1 Å². The summed E-state index contributed by atoms with van der Waals surface area (Å²) in [7, 11) is 0. The van der Waals surface area contributed by atoms with Gasteiger partial charge in [-0.2, -0.15) is 0 Å². The Balaban J connectivity index is 2.03. The topological polar surface area (TPSA) is 55.6 Å². The number of anilines is 2. The standard InChI is InChI=1S/C16H15ClN2O2/c17-12-6-3-5-11(15(12)18)16(20)19-9-4-10-21-14-8-2-1-7-13(14)19/h1-3,5-8H,4,9-10,18H2. The summed E-state index contributed by atoms with van der Waals surface area (Å²) in [5.41, 5.74) is 7.43. The lowest BCUT2D eigenvalue weighted by atomic mass is 10.1. The molecule has 2 aromatic rings. The van der Waals surface area contributed by atoms with E-state index in [4.69, 9.17) is 22.1 Å². The number of halogens is 1. The lowest BCUT2D eigenvalue weighted by Gasteiger charge is -2.22. The van der Waals surface area contributed by atoms with Crippen molar-refractivity contribution in [2.45, 2.75) is 6.42 Å². The number of amides is 1. The molecule has 5 heteroatoms. The Kier molecular flexibility index (Phi) is 3.71. The first-order valence-corrected chi connectivity index (χ1v) is 7.14. The molecule has 0 bridgehead atoms. The molecule has 0 aliphatic carbocycles. The second kappa shape index (κ2) is 5.66. The Morgan fingerprint density at radius 2 is 2.00 bits per heavy atom. The first-order valence-electron chi connectivity index (χ1n) is 6.76. The number of benzene rings is 2. The van der Waals surface area contributed by atoms with Gasteiger partial charge in [-0.1, -0.05) is 29.8 Å². The lowest BCUT2D eigenvalue weighted by molar-refractivity contribution is 0.0988. The van der Waals surface area contributed by atoms with Crippen molar-refractivity contribution >= 4 is 28.9 Å². The zero-order valence-electron chi connectivity index (χ0n) is 11.4. The van der Waals surface area contributed by atoms with Gasteiger partial charge in [0.2, 0.25) is 0 Å². The van der Waals surface area contributed by atoms with Gasteiger partial charge in [0.05, 0.1) is 28.6 Å². The van der Waals surface area contributed by atoms with Gasteiger partial charge in [0.15, 0.2) is 0 Å². The largest absolute Gasteiger partial charge is 0.491 e. The van der Waals surface area contributed by atoms with Gasteiger partial charge >= 0.3 is 0 Å². The van der Waals surface area contributed by atoms with E-state index in [1.54, 1.807) is 23.1 Å². The highest BCUT2D eigenvalue weighted by molar-refractivity contribution is 6.34. The second-order valence-electron chi connectivity index (χ2n) is 4.83. The molecule has 4 nitrogen and oxygen atoms in total. The quantitative estimate of drug-likeness (QED) is 0.822. The van der Waals surface area contributed by atoms with Crippen LogP contribution in [0, 0.1) is 0 Å². The Morgan fingerprint density at radius 1 is 1.19 bits per heavy atom. The van der Waals surface area contributed by atoms with E-state index in [9.17, 15) is 4.79 Å². The van der Waals surface area contributed by atoms with Gasteiger partial charge in [-0.3, -0.25) is 4.79 Å². The molecule has 1 aliphatic rings. The Hall–Kier alpha value is -2.20. The van der Waals surface area contributed by atoms with Crippen LogP contribution in [0.1, 0.15) is 16.8 Å². The van der Waals surface area contributed by atoms with Crippen molar-refractivity contribution in [1.29, 1.82) is 0 Å². The van der Waals surface area contributed by atoms with Gasteiger partial charge in [-0.05, 0) is 30.7 Å². The van der Waals surface area contributed by atoms with Gasteiger partial charge in [0.25, 0.3) is 5.91 Å². The van der Waals surface area contributed by atoms with Gasteiger partial charge in [0.1, 0.15) is 5.75 Å². The van der Waals surface area contributed by atoms with E-state index >= 15 is 0 Å². The third-order valence-electron chi connectivity index (χ3n) is 3.47. The smallest absolute Gasteiger partial charge is 0.260 e. The highest BCUT2D eigenvalue weighted by Gasteiger charge is 2.24. The molecular formula is C16H15ClN2O2. The molecule has 2 aromatic carbocycles. The SMILES string of the molecule is Nc1c(Cl)cccc1C(=O)N1CCCOc2ccccc21. The minimum absolute atomic E-state index is 0.159. The van der Waals surface area contributed by atoms with E-state index in [0.29, 0.717) is 35.2 Å². The van der Waals surface area contributed by atoms with Crippen LogP contribution in [0.2, 0.25) is 5.02 Å². The predicted octanol–water partition coefficient (Wildman–Crippen LogP) is 3.35. The number of nitrogens with two attached hydrogens (primary N) is 1. The Labute approximate surface area is 128 Å². The maximum Gasteiger partial charge on any atom is 0.260 e. The fourth-order valence-electron chi connectivity index (χ4n) is 2.41. The summed E-state index contributed by atoms with van der Waals surface area (Å²) in [4.78, 5) is 14.5. The number of carbonyl (C=O) groups is 1. The summed E-state index contributed by atoms with van der Waals surface area (Å²) in [5.74, 6) is 0.553. The number of nitrogens with zero attached hydrogens (tertiary/aromatic N) is 1. The van der Waals surface area contributed by atoms with Gasteiger partial charge < -0.3 is 15.4 Å².